The van der Waals surface area contributed by atoms with E-state index in [1.807, 2.05) is 25.1 Å². The standard InChI is InChI=1S/C17H16Cl2N2O2/c1-11-5-3-6-13(9-11)21(12(2)22)10-16(23)20-15-8-4-7-14(18)17(15)19/h3-9H,10H2,1-2H3,(H,20,23). The molecule has 2 aromatic rings. The lowest BCUT2D eigenvalue weighted by Gasteiger charge is -2.21. The van der Waals surface area contributed by atoms with Crippen molar-refractivity contribution in [2.24, 2.45) is 0 Å². The second-order valence-corrected chi connectivity index (χ2v) is 5.88. The van der Waals surface area contributed by atoms with Gasteiger partial charge in [-0.2, -0.15) is 0 Å². The van der Waals surface area contributed by atoms with Gasteiger partial charge in [-0.3, -0.25) is 9.59 Å². The van der Waals surface area contributed by atoms with Crippen LogP contribution in [0, 0.1) is 6.92 Å². The highest BCUT2D eigenvalue weighted by atomic mass is 35.5. The number of rotatable bonds is 4. The zero-order chi connectivity index (χ0) is 17.0. The number of anilines is 2. The van der Waals surface area contributed by atoms with Crippen LogP contribution >= 0.6 is 23.2 Å². The van der Waals surface area contributed by atoms with Gasteiger partial charge >= 0.3 is 0 Å². The van der Waals surface area contributed by atoms with E-state index < -0.39 is 0 Å². The molecule has 1 N–H and O–H groups in total. The Morgan fingerprint density at radius 2 is 1.83 bits per heavy atom. The molecule has 0 aromatic heterocycles. The van der Waals surface area contributed by atoms with Gasteiger partial charge in [0, 0.05) is 12.6 Å². The lowest BCUT2D eigenvalue weighted by molar-refractivity contribution is -0.120. The van der Waals surface area contributed by atoms with Crippen LogP contribution in [0.3, 0.4) is 0 Å². The van der Waals surface area contributed by atoms with Gasteiger partial charge in [-0.25, -0.2) is 0 Å². The molecule has 2 amide bonds. The second kappa shape index (κ2) is 7.49. The summed E-state index contributed by atoms with van der Waals surface area (Å²) in [7, 11) is 0. The maximum Gasteiger partial charge on any atom is 0.244 e. The molecular weight excluding hydrogens is 335 g/mol. The first kappa shape index (κ1) is 17.3. The van der Waals surface area contributed by atoms with Crippen molar-refractivity contribution in [3.05, 3.63) is 58.1 Å². The third-order valence-electron chi connectivity index (χ3n) is 3.22. The zero-order valence-electron chi connectivity index (χ0n) is 12.8. The summed E-state index contributed by atoms with van der Waals surface area (Å²) in [5.41, 5.74) is 2.09. The topological polar surface area (TPSA) is 49.4 Å². The number of halogens is 2. The van der Waals surface area contributed by atoms with Gasteiger partial charge in [0.25, 0.3) is 0 Å². The average molecular weight is 351 g/mol. The first-order chi connectivity index (χ1) is 10.9. The van der Waals surface area contributed by atoms with Crippen molar-refractivity contribution in [3.63, 3.8) is 0 Å². The Labute approximate surface area is 145 Å². The van der Waals surface area contributed by atoms with Crippen molar-refractivity contribution in [3.8, 4) is 0 Å². The van der Waals surface area contributed by atoms with E-state index >= 15 is 0 Å². The van der Waals surface area contributed by atoms with Gasteiger partial charge in [0.15, 0.2) is 0 Å². The molecule has 23 heavy (non-hydrogen) atoms. The summed E-state index contributed by atoms with van der Waals surface area (Å²) in [6, 6.07) is 12.4. The van der Waals surface area contributed by atoms with Crippen LogP contribution in [0.4, 0.5) is 11.4 Å². The number of hydrogen-bond acceptors (Lipinski definition) is 2. The highest BCUT2D eigenvalue weighted by Gasteiger charge is 2.17. The maximum atomic E-state index is 12.2. The Hall–Kier alpha value is -2.04. The largest absolute Gasteiger partial charge is 0.323 e. The zero-order valence-corrected chi connectivity index (χ0v) is 14.3. The van der Waals surface area contributed by atoms with Gasteiger partial charge in [-0.1, -0.05) is 41.4 Å². The number of nitrogens with zero attached hydrogens (tertiary/aromatic N) is 1. The summed E-state index contributed by atoms with van der Waals surface area (Å²) in [6.45, 7) is 3.23. The summed E-state index contributed by atoms with van der Waals surface area (Å²) in [4.78, 5) is 25.5. The van der Waals surface area contributed by atoms with Crippen LogP contribution in [-0.2, 0) is 9.59 Å². The smallest absolute Gasteiger partial charge is 0.244 e. The molecule has 0 saturated heterocycles. The Bertz CT molecular complexity index is 747. The number of carbonyl (C=O) groups is 2. The lowest BCUT2D eigenvalue weighted by Crippen LogP contribution is -2.36. The lowest BCUT2D eigenvalue weighted by atomic mass is 10.2. The van der Waals surface area contributed by atoms with Crippen molar-refractivity contribution in [2.45, 2.75) is 13.8 Å². The quantitative estimate of drug-likeness (QED) is 0.893. The predicted molar refractivity (Wildman–Crippen MR) is 94.3 cm³/mol. The number of amides is 2. The fourth-order valence-corrected chi connectivity index (χ4v) is 2.46. The fourth-order valence-electron chi connectivity index (χ4n) is 2.11. The molecule has 0 aliphatic carbocycles. The van der Waals surface area contributed by atoms with Crippen LogP contribution < -0.4 is 10.2 Å². The van der Waals surface area contributed by atoms with Crippen LogP contribution in [0.5, 0.6) is 0 Å². The SMILES string of the molecule is CC(=O)N(CC(=O)Nc1cccc(Cl)c1Cl)c1cccc(C)c1. The fraction of sp³-hybridized carbons (Fsp3) is 0.176. The van der Waals surface area contributed by atoms with E-state index in [1.165, 1.54) is 11.8 Å². The third kappa shape index (κ3) is 4.47. The minimum atomic E-state index is -0.356. The number of hydrogen-bond donors (Lipinski definition) is 1. The van der Waals surface area contributed by atoms with E-state index in [2.05, 4.69) is 5.32 Å². The molecule has 0 saturated carbocycles. The van der Waals surface area contributed by atoms with E-state index in [0.717, 1.165) is 5.56 Å². The molecule has 120 valence electrons. The average Bonchev–Trinajstić information content (AvgIpc) is 2.49. The molecule has 6 heteroatoms. The third-order valence-corrected chi connectivity index (χ3v) is 4.04. The van der Waals surface area contributed by atoms with Crippen LogP contribution in [0.1, 0.15) is 12.5 Å². The summed E-state index contributed by atoms with van der Waals surface area (Å²) in [5, 5.41) is 3.30. The van der Waals surface area contributed by atoms with E-state index in [0.29, 0.717) is 16.4 Å². The van der Waals surface area contributed by atoms with Crippen LogP contribution in [0.2, 0.25) is 10.0 Å². The summed E-state index contributed by atoms with van der Waals surface area (Å²) in [6.07, 6.45) is 0. The van der Waals surface area contributed by atoms with Gasteiger partial charge in [-0.15, -0.1) is 0 Å². The van der Waals surface area contributed by atoms with Gasteiger partial charge in [-0.05, 0) is 36.8 Å². The Balaban J connectivity index is 2.16. The molecule has 0 atom stereocenters. The predicted octanol–water partition coefficient (Wildman–Crippen LogP) is 4.29. The van der Waals surface area contributed by atoms with Crippen molar-refractivity contribution in [2.75, 3.05) is 16.8 Å². The van der Waals surface area contributed by atoms with Crippen molar-refractivity contribution in [1.29, 1.82) is 0 Å². The Kier molecular flexibility index (Phi) is 5.64. The molecule has 4 nitrogen and oxygen atoms in total. The number of benzene rings is 2. The second-order valence-electron chi connectivity index (χ2n) is 5.09. The number of carbonyl (C=O) groups excluding carboxylic acids is 2. The molecule has 0 spiro atoms. The minimum absolute atomic E-state index is 0.109. The summed E-state index contributed by atoms with van der Waals surface area (Å²) < 4.78 is 0. The molecule has 0 aliphatic rings. The summed E-state index contributed by atoms with van der Waals surface area (Å²) >= 11 is 12.0. The van der Waals surface area contributed by atoms with Crippen molar-refractivity contribution in [1.82, 2.24) is 0 Å². The van der Waals surface area contributed by atoms with Gasteiger partial charge in [0.1, 0.15) is 6.54 Å². The maximum absolute atomic E-state index is 12.2. The highest BCUT2D eigenvalue weighted by Crippen LogP contribution is 2.29. The molecule has 0 bridgehead atoms. The monoisotopic (exact) mass is 350 g/mol. The number of aryl methyl sites for hydroxylation is 1. The van der Waals surface area contributed by atoms with Crippen LogP contribution in [0.15, 0.2) is 42.5 Å². The van der Waals surface area contributed by atoms with Crippen LogP contribution in [0.25, 0.3) is 0 Å². The van der Waals surface area contributed by atoms with E-state index in [-0.39, 0.29) is 23.4 Å². The molecule has 0 unspecified atom stereocenters. The molecule has 0 fully saturated rings. The molecule has 2 aromatic carbocycles. The summed E-state index contributed by atoms with van der Waals surface area (Å²) in [5.74, 6) is -0.575. The highest BCUT2D eigenvalue weighted by molar-refractivity contribution is 6.44. The first-order valence-electron chi connectivity index (χ1n) is 6.97. The molecule has 0 radical (unpaired) electrons. The Morgan fingerprint density at radius 3 is 2.48 bits per heavy atom. The van der Waals surface area contributed by atoms with Crippen molar-refractivity contribution >= 4 is 46.4 Å². The molecule has 2 rings (SSSR count). The molecular formula is C17H16Cl2N2O2. The minimum Gasteiger partial charge on any atom is -0.323 e. The van der Waals surface area contributed by atoms with Crippen molar-refractivity contribution < 1.29 is 9.59 Å². The van der Waals surface area contributed by atoms with E-state index in [4.69, 9.17) is 23.2 Å². The van der Waals surface area contributed by atoms with E-state index in [1.54, 1.807) is 24.3 Å². The van der Waals surface area contributed by atoms with Gasteiger partial charge in [0.05, 0.1) is 15.7 Å². The molecule has 0 aliphatic heterocycles. The molecule has 0 heterocycles. The van der Waals surface area contributed by atoms with E-state index in [9.17, 15) is 9.59 Å². The normalized spacial score (nSPS) is 10.3. The van der Waals surface area contributed by atoms with Gasteiger partial charge in [0.2, 0.25) is 11.8 Å². The Morgan fingerprint density at radius 1 is 1.13 bits per heavy atom. The first-order valence-corrected chi connectivity index (χ1v) is 7.72. The number of nitrogens with one attached hydrogen (secondary N) is 1. The van der Waals surface area contributed by atoms with Gasteiger partial charge < -0.3 is 10.2 Å². The van der Waals surface area contributed by atoms with Crippen LogP contribution in [-0.4, -0.2) is 18.4 Å².